The summed E-state index contributed by atoms with van der Waals surface area (Å²) in [4.78, 5) is 23.6. The number of fused-ring (bicyclic) bond motifs is 1. The van der Waals surface area contributed by atoms with E-state index in [0.717, 1.165) is 10.8 Å². The van der Waals surface area contributed by atoms with Crippen molar-refractivity contribution >= 4 is 34.0 Å². The molecule has 2 aromatic carbocycles. The lowest BCUT2D eigenvalue weighted by Gasteiger charge is -2.13. The van der Waals surface area contributed by atoms with Gasteiger partial charge < -0.3 is 10.6 Å². The van der Waals surface area contributed by atoms with Crippen LogP contribution in [-0.2, 0) is 9.59 Å². The summed E-state index contributed by atoms with van der Waals surface area (Å²) in [6.07, 6.45) is 0. The van der Waals surface area contributed by atoms with E-state index in [4.69, 9.17) is 0 Å². The molecule has 0 atom stereocenters. The highest BCUT2D eigenvalue weighted by Gasteiger charge is 2.11. The zero-order valence-electron chi connectivity index (χ0n) is 12.7. The molecule has 4 heteroatoms. The maximum absolute atomic E-state index is 11.8. The van der Waals surface area contributed by atoms with Gasteiger partial charge >= 0.3 is 0 Å². The van der Waals surface area contributed by atoms with Crippen LogP contribution in [-0.4, -0.2) is 11.8 Å². The van der Waals surface area contributed by atoms with Crippen LogP contribution < -0.4 is 10.6 Å². The lowest BCUT2D eigenvalue weighted by Crippen LogP contribution is -2.14. The van der Waals surface area contributed by atoms with Crippen LogP contribution in [0.3, 0.4) is 0 Å². The van der Waals surface area contributed by atoms with Crippen molar-refractivity contribution in [2.45, 2.75) is 13.8 Å². The van der Waals surface area contributed by atoms with E-state index in [1.807, 2.05) is 24.3 Å². The predicted molar refractivity (Wildman–Crippen MR) is 90.8 cm³/mol. The Morgan fingerprint density at radius 2 is 1.14 bits per heavy atom. The second-order valence-corrected chi connectivity index (χ2v) is 5.18. The van der Waals surface area contributed by atoms with Crippen LogP contribution in [0.5, 0.6) is 0 Å². The van der Waals surface area contributed by atoms with E-state index in [1.165, 1.54) is 0 Å². The van der Waals surface area contributed by atoms with Crippen LogP contribution in [0.2, 0.25) is 0 Å². The van der Waals surface area contributed by atoms with Gasteiger partial charge in [-0.05, 0) is 26.0 Å². The van der Waals surface area contributed by atoms with Crippen molar-refractivity contribution in [2.75, 3.05) is 10.6 Å². The van der Waals surface area contributed by atoms with Gasteiger partial charge in [-0.1, -0.05) is 37.4 Å². The van der Waals surface area contributed by atoms with Gasteiger partial charge in [0.1, 0.15) is 0 Å². The monoisotopic (exact) mass is 294 g/mol. The molecule has 0 aliphatic rings. The number of carbonyl (C=O) groups is 2. The van der Waals surface area contributed by atoms with Crippen molar-refractivity contribution in [3.05, 3.63) is 60.7 Å². The Hall–Kier alpha value is -2.88. The minimum Gasteiger partial charge on any atom is -0.322 e. The van der Waals surface area contributed by atoms with E-state index in [9.17, 15) is 9.59 Å². The van der Waals surface area contributed by atoms with Crippen molar-refractivity contribution in [3.63, 3.8) is 0 Å². The van der Waals surface area contributed by atoms with Gasteiger partial charge in [-0.15, -0.1) is 0 Å². The molecule has 0 spiro atoms. The summed E-state index contributed by atoms with van der Waals surface area (Å²) in [6.45, 7) is 10.6. The summed E-state index contributed by atoms with van der Waals surface area (Å²) < 4.78 is 0. The first kappa shape index (κ1) is 15.5. The van der Waals surface area contributed by atoms with Gasteiger partial charge in [-0.3, -0.25) is 9.59 Å². The third kappa shape index (κ3) is 3.23. The van der Waals surface area contributed by atoms with Gasteiger partial charge in [-0.2, -0.15) is 0 Å². The van der Waals surface area contributed by atoms with Crippen LogP contribution >= 0.6 is 0 Å². The molecule has 2 N–H and O–H groups in total. The Morgan fingerprint density at radius 3 is 1.45 bits per heavy atom. The zero-order valence-corrected chi connectivity index (χ0v) is 12.7. The Bertz CT molecular complexity index is 724. The predicted octanol–water partition coefficient (Wildman–Crippen LogP) is 3.87. The van der Waals surface area contributed by atoms with Crippen molar-refractivity contribution in [1.82, 2.24) is 0 Å². The van der Waals surface area contributed by atoms with Crippen LogP contribution in [0, 0.1) is 0 Å². The van der Waals surface area contributed by atoms with Crippen molar-refractivity contribution in [2.24, 2.45) is 0 Å². The molecule has 112 valence electrons. The fraction of sp³-hybridized carbons (Fsp3) is 0.111. The zero-order chi connectivity index (χ0) is 16.3. The van der Waals surface area contributed by atoms with E-state index < -0.39 is 0 Å². The Morgan fingerprint density at radius 1 is 0.773 bits per heavy atom. The molecule has 22 heavy (non-hydrogen) atoms. The topological polar surface area (TPSA) is 58.2 Å². The number of hydrogen-bond donors (Lipinski definition) is 2. The van der Waals surface area contributed by atoms with Crippen LogP contribution in [0.1, 0.15) is 13.8 Å². The molecule has 2 aromatic rings. The Labute approximate surface area is 129 Å². The van der Waals surface area contributed by atoms with Crippen molar-refractivity contribution < 1.29 is 9.59 Å². The molecular weight excluding hydrogens is 276 g/mol. The lowest BCUT2D eigenvalue weighted by atomic mass is 10.1. The molecule has 0 radical (unpaired) electrons. The molecule has 0 aromatic heterocycles. The second kappa shape index (κ2) is 6.26. The highest BCUT2D eigenvalue weighted by molar-refractivity contribution is 6.13. The number of amides is 2. The molecule has 0 aliphatic heterocycles. The summed E-state index contributed by atoms with van der Waals surface area (Å²) >= 11 is 0. The largest absolute Gasteiger partial charge is 0.322 e. The van der Waals surface area contributed by atoms with Gasteiger partial charge in [-0.25, -0.2) is 0 Å². The van der Waals surface area contributed by atoms with Gasteiger partial charge in [0.05, 0.1) is 0 Å². The van der Waals surface area contributed by atoms with Crippen LogP contribution in [0.15, 0.2) is 60.7 Å². The van der Waals surface area contributed by atoms with Gasteiger partial charge in [0, 0.05) is 33.3 Å². The third-order valence-corrected chi connectivity index (χ3v) is 3.20. The fourth-order valence-corrected chi connectivity index (χ4v) is 1.98. The summed E-state index contributed by atoms with van der Waals surface area (Å²) in [5.41, 5.74) is 2.22. The van der Waals surface area contributed by atoms with E-state index >= 15 is 0 Å². The number of nitrogens with one attached hydrogen (secondary N) is 2. The summed E-state index contributed by atoms with van der Waals surface area (Å²) in [5.74, 6) is -0.465. The number of hydrogen-bond acceptors (Lipinski definition) is 2. The maximum Gasteiger partial charge on any atom is 0.250 e. The lowest BCUT2D eigenvalue weighted by molar-refractivity contribution is -0.113. The molecule has 0 aliphatic carbocycles. The summed E-state index contributed by atoms with van der Waals surface area (Å²) in [7, 11) is 0. The summed E-state index contributed by atoms with van der Waals surface area (Å²) in [5, 5.41) is 7.33. The highest BCUT2D eigenvalue weighted by atomic mass is 16.2. The number of benzene rings is 2. The summed E-state index contributed by atoms with van der Waals surface area (Å²) in [6, 6.07) is 11.1. The average molecular weight is 294 g/mol. The molecule has 2 rings (SSSR count). The SMILES string of the molecule is C=C(C)C(=O)Nc1ccc(NC(=O)C(=C)C)c2ccccc12. The minimum absolute atomic E-state index is 0.233. The van der Waals surface area contributed by atoms with E-state index in [-0.39, 0.29) is 11.8 Å². The van der Waals surface area contributed by atoms with Crippen molar-refractivity contribution in [1.29, 1.82) is 0 Å². The maximum atomic E-state index is 11.8. The molecule has 0 bridgehead atoms. The van der Waals surface area contributed by atoms with Crippen molar-refractivity contribution in [3.8, 4) is 0 Å². The number of anilines is 2. The number of carbonyl (C=O) groups excluding carboxylic acids is 2. The smallest absolute Gasteiger partial charge is 0.250 e. The molecule has 0 unspecified atom stereocenters. The Balaban J connectivity index is 2.47. The molecule has 0 heterocycles. The molecule has 0 saturated heterocycles. The second-order valence-electron chi connectivity index (χ2n) is 5.18. The third-order valence-electron chi connectivity index (χ3n) is 3.20. The van der Waals surface area contributed by atoms with E-state index in [0.29, 0.717) is 22.5 Å². The van der Waals surface area contributed by atoms with Gasteiger partial charge in [0.15, 0.2) is 0 Å². The molecular formula is C18H18N2O2. The normalized spacial score (nSPS) is 10.1. The standard InChI is InChI=1S/C18H18N2O2/c1-11(2)17(21)19-15-9-10-16(20-18(22)12(3)4)14-8-6-5-7-13(14)15/h5-10H,1,3H2,2,4H3,(H,19,21)(H,20,22). The Kier molecular flexibility index (Phi) is 4.41. The van der Waals surface area contributed by atoms with Crippen LogP contribution in [0.4, 0.5) is 11.4 Å². The van der Waals surface area contributed by atoms with Crippen LogP contribution in [0.25, 0.3) is 10.8 Å². The molecule has 0 fully saturated rings. The first-order chi connectivity index (χ1) is 10.4. The molecule has 2 amide bonds. The van der Waals surface area contributed by atoms with Gasteiger partial charge in [0.25, 0.3) is 11.8 Å². The van der Waals surface area contributed by atoms with Gasteiger partial charge in [0.2, 0.25) is 0 Å². The van der Waals surface area contributed by atoms with E-state index in [1.54, 1.807) is 26.0 Å². The average Bonchev–Trinajstić information content (AvgIpc) is 2.49. The quantitative estimate of drug-likeness (QED) is 0.841. The highest BCUT2D eigenvalue weighted by Crippen LogP contribution is 2.30. The molecule has 4 nitrogen and oxygen atoms in total. The first-order valence-corrected chi connectivity index (χ1v) is 6.85. The minimum atomic E-state index is -0.233. The fourth-order valence-electron chi connectivity index (χ4n) is 1.98. The molecule has 0 saturated carbocycles. The first-order valence-electron chi connectivity index (χ1n) is 6.85. The number of rotatable bonds is 4. The van der Waals surface area contributed by atoms with E-state index in [2.05, 4.69) is 23.8 Å².